The molecule has 0 aliphatic heterocycles. The molecule has 0 N–H and O–H groups in total. The molecule has 0 spiro atoms. The zero-order valence-electron chi connectivity index (χ0n) is 37.6. The largest absolute Gasteiger partial charge is 1.00 e. The summed E-state index contributed by atoms with van der Waals surface area (Å²) in [6.07, 6.45) is 5.81. The Labute approximate surface area is 370 Å². The second kappa shape index (κ2) is 18.8. The molecule has 0 aromatic heterocycles. The third-order valence-electron chi connectivity index (χ3n) is 10.6. The molecule has 0 heterocycles. The number of hydrogen-bond acceptors (Lipinski definition) is 0. The van der Waals surface area contributed by atoms with E-state index in [1.165, 1.54) is 87.9 Å². The summed E-state index contributed by atoms with van der Waals surface area (Å²) in [6.45, 7) is 38.8. The predicted octanol–water partition coefficient (Wildman–Crippen LogP) is 8.90. The quantitative estimate of drug-likeness (QED) is 0.126. The van der Waals surface area contributed by atoms with E-state index in [0.717, 1.165) is 0 Å². The van der Waals surface area contributed by atoms with Gasteiger partial charge in [0.15, 0.2) is 0 Å². The number of halogens is 2. The Kier molecular flexibility index (Phi) is 16.8. The molecule has 0 saturated carbocycles. The Bertz CT molecular complexity index is 2010. The molecular weight excluding hydrogens is 815 g/mol. The molecule has 0 saturated heterocycles. The summed E-state index contributed by atoms with van der Waals surface area (Å²) in [6, 6.07) is 34.3. The fraction of sp³-hybridized carbons (Fsp3) is 0.423. The minimum Gasteiger partial charge on any atom is -1.00 e. The van der Waals surface area contributed by atoms with Crippen LogP contribution in [0.15, 0.2) is 108 Å². The Morgan fingerprint density at radius 2 is 0.875 bits per heavy atom. The molecule has 0 bridgehead atoms. The maximum absolute atomic E-state index is 3.43. The van der Waals surface area contributed by atoms with Crippen LogP contribution >= 0.6 is 0 Å². The zero-order chi connectivity index (χ0) is 40.6. The first-order valence-electron chi connectivity index (χ1n) is 19.9. The molecule has 56 heavy (non-hydrogen) atoms. The molecular formula is C52H68Cl2SiZr-2. The first kappa shape index (κ1) is 49.9. The SMILES string of the molecule is CC(C)(C)c1ccc([C](=[Zr+2])c2ccc(C(C)(C)C)cc2)cc1.CC(C)(C)c1ccc2[cH-]c3ccc(C(C)(C)C)cc3c2c1.CC1=[C-]C(C)C=C1[Si](C)(C)C.[Cl-].[Cl-]. The van der Waals surface area contributed by atoms with Crippen molar-refractivity contribution in [1.29, 1.82) is 0 Å². The molecule has 1 aliphatic rings. The molecule has 5 aromatic rings. The van der Waals surface area contributed by atoms with E-state index in [1.807, 2.05) is 0 Å². The molecule has 6 rings (SSSR count). The number of benzene rings is 4. The van der Waals surface area contributed by atoms with E-state index in [2.05, 4.69) is 220 Å². The third-order valence-corrected chi connectivity index (χ3v) is 14.2. The standard InChI is InChI=1S/C21H25.C21H26.C10H17Si.2ClH.Zr/c1-20(2,3)16-9-7-14-11-15-8-10-17(21(4,5)6)13-19(15)18(14)12-16;1-20(2,3)18-11-7-16(8-12-18)15-17-9-13-19(14-10-17)21(4,5)6;1-8-6-9(2)10(7-8)11(3,4)5;;;/h7-13H,1-6H3;7-14H,1-6H3;7-8H,1-5H3;2*1H;/q-1;;-1;;;+2/p-2. The van der Waals surface area contributed by atoms with Crippen LogP contribution in [0.3, 0.4) is 0 Å². The van der Waals surface area contributed by atoms with E-state index in [0.29, 0.717) is 5.92 Å². The van der Waals surface area contributed by atoms with Crippen LogP contribution in [0.2, 0.25) is 19.6 Å². The van der Waals surface area contributed by atoms with Crippen LogP contribution in [0.4, 0.5) is 0 Å². The van der Waals surface area contributed by atoms with Gasteiger partial charge < -0.3 is 24.8 Å². The van der Waals surface area contributed by atoms with Crippen LogP contribution in [0.1, 0.15) is 130 Å². The van der Waals surface area contributed by atoms with E-state index >= 15 is 0 Å². The Balaban J connectivity index is 0.000000300. The number of allylic oxidation sites excluding steroid dienone is 4. The molecule has 1 unspecified atom stereocenters. The average Bonchev–Trinajstić information content (AvgIpc) is 3.61. The average molecular weight is 883 g/mol. The van der Waals surface area contributed by atoms with Crippen molar-refractivity contribution in [2.24, 2.45) is 5.92 Å². The fourth-order valence-corrected chi connectivity index (χ4v) is 9.79. The first-order chi connectivity index (χ1) is 24.7. The Hall–Kier alpha value is -2.22. The van der Waals surface area contributed by atoms with Crippen molar-refractivity contribution in [3.63, 3.8) is 0 Å². The molecule has 0 radical (unpaired) electrons. The minimum atomic E-state index is -1.07. The fourth-order valence-electron chi connectivity index (χ4n) is 7.02. The third kappa shape index (κ3) is 12.9. The van der Waals surface area contributed by atoms with Gasteiger partial charge in [-0.25, -0.2) is 10.8 Å². The summed E-state index contributed by atoms with van der Waals surface area (Å²) < 4.78 is 1.42. The maximum atomic E-state index is 3.43. The second-order valence-corrected chi connectivity index (χ2v) is 26.9. The monoisotopic (exact) mass is 880 g/mol. The normalized spacial score (nSPS) is 14.7. The summed E-state index contributed by atoms with van der Waals surface area (Å²) >= 11 is 1.46. The van der Waals surface area contributed by atoms with Crippen LogP contribution in [0.5, 0.6) is 0 Å². The van der Waals surface area contributed by atoms with Crippen molar-refractivity contribution in [2.45, 2.75) is 138 Å². The van der Waals surface area contributed by atoms with Crippen molar-refractivity contribution in [3.05, 3.63) is 147 Å². The van der Waals surface area contributed by atoms with Gasteiger partial charge in [0.05, 0.1) is 0 Å². The van der Waals surface area contributed by atoms with E-state index < -0.39 is 8.07 Å². The molecule has 300 valence electrons. The minimum absolute atomic E-state index is 0. The zero-order valence-corrected chi connectivity index (χ0v) is 42.5. The van der Waals surface area contributed by atoms with Gasteiger partial charge in [-0.2, -0.15) is 6.08 Å². The second-order valence-electron chi connectivity index (χ2n) is 20.7. The van der Waals surface area contributed by atoms with Gasteiger partial charge in [0.2, 0.25) is 0 Å². The van der Waals surface area contributed by atoms with Crippen molar-refractivity contribution in [3.8, 4) is 0 Å². The molecule has 4 heteroatoms. The summed E-state index contributed by atoms with van der Waals surface area (Å²) in [4.78, 5) is 0. The van der Waals surface area contributed by atoms with E-state index in [-0.39, 0.29) is 46.5 Å². The van der Waals surface area contributed by atoms with Gasteiger partial charge in [0.1, 0.15) is 0 Å². The van der Waals surface area contributed by atoms with E-state index in [9.17, 15) is 0 Å². The number of rotatable bonds is 3. The molecule has 0 amide bonds. The molecule has 1 aliphatic carbocycles. The molecule has 1 atom stereocenters. The Morgan fingerprint density at radius 3 is 1.12 bits per heavy atom. The van der Waals surface area contributed by atoms with Crippen LogP contribution in [-0.4, -0.2) is 11.3 Å². The number of hydrogen-bond donors (Lipinski definition) is 0. The Morgan fingerprint density at radius 1 is 0.554 bits per heavy atom. The first-order valence-corrected chi connectivity index (χ1v) is 24.7. The van der Waals surface area contributed by atoms with Crippen molar-refractivity contribution in [1.82, 2.24) is 0 Å². The van der Waals surface area contributed by atoms with Gasteiger partial charge in [-0.1, -0.05) is 116 Å². The van der Waals surface area contributed by atoms with E-state index in [1.54, 1.807) is 5.20 Å². The number of fused-ring (bicyclic) bond motifs is 3. The van der Waals surface area contributed by atoms with Crippen LogP contribution in [-0.2, 0) is 45.9 Å². The molecule has 5 aromatic carbocycles. The van der Waals surface area contributed by atoms with E-state index in [4.69, 9.17) is 0 Å². The van der Waals surface area contributed by atoms with Crippen LogP contribution < -0.4 is 24.8 Å². The smallest absolute Gasteiger partial charge is 0.0112 e. The predicted molar refractivity (Wildman–Crippen MR) is 241 cm³/mol. The molecule has 0 nitrogen and oxygen atoms in total. The molecule has 0 fully saturated rings. The van der Waals surface area contributed by atoms with Crippen LogP contribution in [0, 0.1) is 12.0 Å². The summed E-state index contributed by atoms with van der Waals surface area (Å²) in [7, 11) is -1.07. The van der Waals surface area contributed by atoms with Crippen LogP contribution in [0.25, 0.3) is 21.5 Å². The van der Waals surface area contributed by atoms with Crippen molar-refractivity contribution in [2.75, 3.05) is 0 Å². The van der Waals surface area contributed by atoms with Crippen molar-refractivity contribution < 1.29 is 49.0 Å². The van der Waals surface area contributed by atoms with Gasteiger partial charge in [0.25, 0.3) is 0 Å². The summed E-state index contributed by atoms with van der Waals surface area (Å²) in [5.41, 5.74) is 10.5. The van der Waals surface area contributed by atoms with Gasteiger partial charge in [0, 0.05) is 0 Å². The van der Waals surface area contributed by atoms with Gasteiger partial charge in [-0.3, -0.25) is 6.08 Å². The van der Waals surface area contributed by atoms with Gasteiger partial charge in [-0.15, -0.1) is 39.7 Å². The summed E-state index contributed by atoms with van der Waals surface area (Å²) in [5, 5.41) is 7.09. The summed E-state index contributed by atoms with van der Waals surface area (Å²) in [5.74, 6) is 0.553. The van der Waals surface area contributed by atoms with Gasteiger partial charge >= 0.3 is 151 Å². The maximum Gasteiger partial charge on any atom is -0.0112 e. The topological polar surface area (TPSA) is 0 Å². The van der Waals surface area contributed by atoms with Gasteiger partial charge in [-0.05, 0) is 18.9 Å². The van der Waals surface area contributed by atoms with Crippen molar-refractivity contribution >= 4 is 32.8 Å².